The summed E-state index contributed by atoms with van der Waals surface area (Å²) >= 11 is 0. The average Bonchev–Trinajstić information content (AvgIpc) is 2.83. The Kier molecular flexibility index (Phi) is 9.88. The molecule has 0 spiro atoms. The molecule has 1 rings (SSSR count). The maximum absolute atomic E-state index is 12.0. The molecule has 0 aromatic carbocycles. The molecule has 0 bridgehead atoms. The Morgan fingerprint density at radius 1 is 1.33 bits per heavy atom. The lowest BCUT2D eigenvalue weighted by molar-refractivity contribution is -0.140. The summed E-state index contributed by atoms with van der Waals surface area (Å²) in [5, 5.41) is 20.1. The standard InChI is InChI=1S/C19H32O5/c1-3-4-5-9-15-16(18(22)13-17(15)21)12-11-14(20)8-6-7-10-19(23)24-2/h11-12,14-16,18,20,22H,3-10,13H2,1-2H3/b12-11+. The van der Waals surface area contributed by atoms with Crippen LogP contribution in [0.15, 0.2) is 12.2 Å². The molecule has 1 aliphatic rings. The Bertz CT molecular complexity index is 418. The van der Waals surface area contributed by atoms with Crippen molar-refractivity contribution in [1.29, 1.82) is 0 Å². The summed E-state index contributed by atoms with van der Waals surface area (Å²) in [4.78, 5) is 23.0. The number of carbonyl (C=O) groups excluding carboxylic acids is 2. The number of methoxy groups -OCH3 is 1. The number of Topliss-reactive ketones (excluding diaryl/α,β-unsaturated/α-hetero) is 1. The number of carbonyl (C=O) groups is 2. The minimum Gasteiger partial charge on any atom is -0.469 e. The van der Waals surface area contributed by atoms with E-state index < -0.39 is 12.2 Å². The first-order chi connectivity index (χ1) is 11.5. The number of hydrogen-bond acceptors (Lipinski definition) is 5. The van der Waals surface area contributed by atoms with Crippen LogP contribution in [0.4, 0.5) is 0 Å². The van der Waals surface area contributed by atoms with Gasteiger partial charge in [0.25, 0.3) is 0 Å². The van der Waals surface area contributed by atoms with Crippen molar-refractivity contribution >= 4 is 11.8 Å². The molecular weight excluding hydrogens is 308 g/mol. The third-order valence-electron chi connectivity index (χ3n) is 4.77. The molecule has 5 nitrogen and oxygen atoms in total. The summed E-state index contributed by atoms with van der Waals surface area (Å²) in [6.07, 6.45) is 8.84. The van der Waals surface area contributed by atoms with Gasteiger partial charge in [-0.15, -0.1) is 0 Å². The number of ketones is 1. The van der Waals surface area contributed by atoms with Crippen LogP contribution in [0.25, 0.3) is 0 Å². The highest BCUT2D eigenvalue weighted by molar-refractivity contribution is 5.84. The number of esters is 1. The predicted octanol–water partition coefficient (Wildman–Crippen LogP) is 2.78. The van der Waals surface area contributed by atoms with Crippen LogP contribution in [0.5, 0.6) is 0 Å². The summed E-state index contributed by atoms with van der Waals surface area (Å²) in [6.45, 7) is 2.12. The lowest BCUT2D eigenvalue weighted by atomic mass is 9.88. The third kappa shape index (κ3) is 7.14. The highest BCUT2D eigenvalue weighted by Crippen LogP contribution is 2.34. The van der Waals surface area contributed by atoms with E-state index in [9.17, 15) is 19.8 Å². The molecule has 24 heavy (non-hydrogen) atoms. The van der Waals surface area contributed by atoms with Gasteiger partial charge in [0.1, 0.15) is 5.78 Å². The third-order valence-corrected chi connectivity index (χ3v) is 4.77. The lowest BCUT2D eigenvalue weighted by Gasteiger charge is -2.18. The fraction of sp³-hybridized carbons (Fsp3) is 0.789. The highest BCUT2D eigenvalue weighted by atomic mass is 16.5. The van der Waals surface area contributed by atoms with Gasteiger partial charge in [0, 0.05) is 24.7 Å². The van der Waals surface area contributed by atoms with Gasteiger partial charge >= 0.3 is 5.97 Å². The minimum atomic E-state index is -0.632. The number of rotatable bonds is 11. The van der Waals surface area contributed by atoms with Crippen molar-refractivity contribution < 1.29 is 24.5 Å². The molecule has 0 aromatic rings. The summed E-state index contributed by atoms with van der Waals surface area (Å²) in [6, 6.07) is 0. The number of unbranched alkanes of at least 4 members (excludes halogenated alkanes) is 3. The van der Waals surface area contributed by atoms with E-state index in [-0.39, 0.29) is 30.0 Å². The molecule has 0 saturated heterocycles. The van der Waals surface area contributed by atoms with E-state index >= 15 is 0 Å². The van der Waals surface area contributed by atoms with Crippen LogP contribution < -0.4 is 0 Å². The van der Waals surface area contributed by atoms with Crippen molar-refractivity contribution in [3.8, 4) is 0 Å². The summed E-state index contributed by atoms with van der Waals surface area (Å²) < 4.78 is 4.57. The molecule has 1 fully saturated rings. The molecule has 1 aliphatic carbocycles. The minimum absolute atomic E-state index is 0.116. The van der Waals surface area contributed by atoms with Crippen LogP contribution in [0.2, 0.25) is 0 Å². The topological polar surface area (TPSA) is 83.8 Å². The number of aliphatic hydroxyl groups excluding tert-OH is 2. The van der Waals surface area contributed by atoms with Crippen molar-refractivity contribution in [3.05, 3.63) is 12.2 Å². The van der Waals surface area contributed by atoms with E-state index in [0.29, 0.717) is 19.3 Å². The molecule has 2 N–H and O–H groups in total. The first-order valence-corrected chi connectivity index (χ1v) is 9.13. The molecule has 0 radical (unpaired) electrons. The van der Waals surface area contributed by atoms with Crippen molar-refractivity contribution in [2.45, 2.75) is 76.9 Å². The van der Waals surface area contributed by atoms with E-state index in [1.165, 1.54) is 7.11 Å². The number of ether oxygens (including phenoxy) is 1. The number of aliphatic hydroxyl groups is 2. The largest absolute Gasteiger partial charge is 0.469 e. The second-order valence-electron chi connectivity index (χ2n) is 6.69. The molecule has 4 unspecified atom stereocenters. The molecular formula is C19H32O5. The van der Waals surface area contributed by atoms with Gasteiger partial charge < -0.3 is 14.9 Å². The van der Waals surface area contributed by atoms with Crippen LogP contribution >= 0.6 is 0 Å². The van der Waals surface area contributed by atoms with Gasteiger partial charge in [-0.3, -0.25) is 9.59 Å². The Morgan fingerprint density at radius 2 is 2.08 bits per heavy atom. The summed E-state index contributed by atoms with van der Waals surface area (Å²) in [5.41, 5.74) is 0. The predicted molar refractivity (Wildman–Crippen MR) is 92.4 cm³/mol. The first-order valence-electron chi connectivity index (χ1n) is 9.13. The lowest BCUT2D eigenvalue weighted by Crippen LogP contribution is -2.19. The van der Waals surface area contributed by atoms with Gasteiger partial charge in [0.15, 0.2) is 0 Å². The quantitative estimate of drug-likeness (QED) is 0.343. The van der Waals surface area contributed by atoms with Crippen molar-refractivity contribution in [2.75, 3.05) is 7.11 Å². The SMILES string of the molecule is CCCCCC1C(=O)CC(O)C1/C=C/C(O)CCCCC(=O)OC. The highest BCUT2D eigenvalue weighted by Gasteiger charge is 2.39. The molecule has 0 aromatic heterocycles. The average molecular weight is 340 g/mol. The zero-order valence-corrected chi connectivity index (χ0v) is 14.9. The van der Waals surface area contributed by atoms with Gasteiger partial charge in [-0.2, -0.15) is 0 Å². The zero-order chi connectivity index (χ0) is 17.9. The van der Waals surface area contributed by atoms with E-state index in [0.717, 1.165) is 32.1 Å². The normalized spacial score (nSPS) is 25.3. The second-order valence-corrected chi connectivity index (χ2v) is 6.69. The maximum Gasteiger partial charge on any atom is 0.305 e. The van der Waals surface area contributed by atoms with Gasteiger partial charge in [0.2, 0.25) is 0 Å². The molecule has 0 heterocycles. The van der Waals surface area contributed by atoms with E-state index in [1.807, 2.05) is 6.08 Å². The van der Waals surface area contributed by atoms with E-state index in [1.54, 1.807) is 6.08 Å². The van der Waals surface area contributed by atoms with E-state index in [4.69, 9.17) is 0 Å². The monoisotopic (exact) mass is 340 g/mol. The van der Waals surface area contributed by atoms with E-state index in [2.05, 4.69) is 11.7 Å². The Labute approximate surface area is 145 Å². The Morgan fingerprint density at radius 3 is 2.75 bits per heavy atom. The smallest absolute Gasteiger partial charge is 0.305 e. The number of hydrogen-bond donors (Lipinski definition) is 2. The molecule has 0 aliphatic heterocycles. The second kappa shape index (κ2) is 11.4. The Balaban J connectivity index is 2.41. The van der Waals surface area contributed by atoms with Gasteiger partial charge in [-0.1, -0.05) is 38.3 Å². The van der Waals surface area contributed by atoms with Gasteiger partial charge in [-0.05, 0) is 25.7 Å². The van der Waals surface area contributed by atoms with Crippen LogP contribution in [0.3, 0.4) is 0 Å². The molecule has 1 saturated carbocycles. The zero-order valence-electron chi connectivity index (χ0n) is 14.9. The summed E-state index contributed by atoms with van der Waals surface area (Å²) in [5.74, 6) is -0.392. The fourth-order valence-electron chi connectivity index (χ4n) is 3.28. The van der Waals surface area contributed by atoms with Crippen LogP contribution in [0, 0.1) is 11.8 Å². The van der Waals surface area contributed by atoms with Crippen LogP contribution in [-0.4, -0.2) is 41.3 Å². The van der Waals surface area contributed by atoms with Gasteiger partial charge in [-0.25, -0.2) is 0 Å². The van der Waals surface area contributed by atoms with Crippen molar-refractivity contribution in [1.82, 2.24) is 0 Å². The summed E-state index contributed by atoms with van der Waals surface area (Å²) in [7, 11) is 1.37. The first kappa shape index (κ1) is 20.8. The molecule has 0 amide bonds. The Hall–Kier alpha value is -1.20. The molecule has 5 heteroatoms. The maximum atomic E-state index is 12.0. The fourth-order valence-corrected chi connectivity index (χ4v) is 3.28. The van der Waals surface area contributed by atoms with Gasteiger partial charge in [0.05, 0.1) is 19.3 Å². The van der Waals surface area contributed by atoms with Crippen LogP contribution in [0.1, 0.15) is 64.7 Å². The molecule has 4 atom stereocenters. The van der Waals surface area contributed by atoms with Crippen LogP contribution in [-0.2, 0) is 14.3 Å². The van der Waals surface area contributed by atoms with Crippen molar-refractivity contribution in [2.24, 2.45) is 11.8 Å². The molecule has 138 valence electrons. The van der Waals surface area contributed by atoms with Crippen molar-refractivity contribution in [3.63, 3.8) is 0 Å².